The summed E-state index contributed by atoms with van der Waals surface area (Å²) in [6, 6.07) is 15.9. The molecule has 1 saturated carbocycles. The Kier molecular flexibility index (Phi) is 13.0. The number of imide groups is 1. The molecule has 18 nitrogen and oxygen atoms in total. The molecule has 356 valence electrons. The SMILES string of the molecule is Cn1c(=O)n(C2CCC(=O)NC2=O)c2cccc(CCCNCC3COC4C(CNCc5ccc(-n6cc(NC(=O)c7coc(-c8ccnc(NCC9CC9)c8)n7)c(C(F)F)n6)cc5)COC34)c21. The Bertz CT molecular complexity index is 2870. The Morgan fingerprint density at radius 3 is 2.49 bits per heavy atom. The number of nitrogens with zero attached hydrogens (tertiary/aromatic N) is 6. The molecule has 3 amide bonds. The summed E-state index contributed by atoms with van der Waals surface area (Å²) >= 11 is 0. The van der Waals surface area contributed by atoms with Gasteiger partial charge in [-0.2, -0.15) is 5.10 Å². The fraction of sp³-hybridized carbons (Fsp3) is 0.438. The Balaban J connectivity index is 0.672. The van der Waals surface area contributed by atoms with Gasteiger partial charge in [-0.05, 0) is 86.0 Å². The minimum atomic E-state index is -2.94. The maximum atomic E-state index is 14.2. The summed E-state index contributed by atoms with van der Waals surface area (Å²) in [6.07, 6.45) is 5.68. The average Bonchev–Trinajstić information content (AvgIpc) is 3.73. The fourth-order valence-corrected chi connectivity index (χ4v) is 9.52. The highest BCUT2D eigenvalue weighted by Gasteiger charge is 2.47. The average molecular weight is 934 g/mol. The number of fused-ring (bicyclic) bond motifs is 2. The summed E-state index contributed by atoms with van der Waals surface area (Å²) in [6.45, 7) is 4.80. The van der Waals surface area contributed by atoms with Crippen LogP contribution in [0.4, 0.5) is 20.3 Å². The first-order valence-electron chi connectivity index (χ1n) is 23.2. The summed E-state index contributed by atoms with van der Waals surface area (Å²) in [7, 11) is 1.72. The topological polar surface area (TPSA) is 213 Å². The first kappa shape index (κ1) is 45.2. The van der Waals surface area contributed by atoms with Gasteiger partial charge < -0.3 is 35.2 Å². The van der Waals surface area contributed by atoms with E-state index in [0.29, 0.717) is 61.2 Å². The minimum absolute atomic E-state index is 0.00134. The van der Waals surface area contributed by atoms with Crippen molar-refractivity contribution in [3.05, 3.63) is 106 Å². The quantitative estimate of drug-likeness (QED) is 0.0541. The van der Waals surface area contributed by atoms with E-state index in [9.17, 15) is 28.0 Å². The number of halogens is 2. The Morgan fingerprint density at radius 1 is 0.956 bits per heavy atom. The van der Waals surface area contributed by atoms with E-state index in [1.54, 1.807) is 42.1 Å². The van der Waals surface area contributed by atoms with Gasteiger partial charge in [-0.25, -0.2) is 28.2 Å². The summed E-state index contributed by atoms with van der Waals surface area (Å²) < 4.78 is 50.8. The number of aromatic nitrogens is 6. The fourth-order valence-electron chi connectivity index (χ4n) is 9.52. The number of alkyl halides is 2. The van der Waals surface area contributed by atoms with E-state index in [1.165, 1.54) is 34.6 Å². The summed E-state index contributed by atoms with van der Waals surface area (Å²) in [5.41, 5.74) is 3.61. The van der Waals surface area contributed by atoms with Crippen LogP contribution in [0.2, 0.25) is 0 Å². The number of carbonyl (C=O) groups is 3. The van der Waals surface area contributed by atoms with Crippen molar-refractivity contribution in [1.82, 2.24) is 44.8 Å². The van der Waals surface area contributed by atoms with E-state index < -0.39 is 30.0 Å². The molecule has 3 saturated heterocycles. The largest absolute Gasteiger partial charge is 0.444 e. The number of para-hydroxylation sites is 1. The van der Waals surface area contributed by atoms with Crippen molar-refractivity contribution in [3.63, 3.8) is 0 Å². The third-order valence-electron chi connectivity index (χ3n) is 13.3. The van der Waals surface area contributed by atoms with Crippen LogP contribution in [-0.2, 0) is 39.1 Å². The van der Waals surface area contributed by atoms with Crippen LogP contribution < -0.4 is 32.3 Å². The molecule has 4 aromatic heterocycles. The monoisotopic (exact) mass is 933 g/mol. The van der Waals surface area contributed by atoms with E-state index in [4.69, 9.17) is 13.9 Å². The second-order valence-electron chi connectivity index (χ2n) is 18.1. The lowest BCUT2D eigenvalue weighted by atomic mass is 9.96. The van der Waals surface area contributed by atoms with Crippen LogP contribution in [0.1, 0.15) is 71.9 Å². The lowest BCUT2D eigenvalue weighted by molar-refractivity contribution is -0.135. The van der Waals surface area contributed by atoms with E-state index >= 15 is 0 Å². The molecule has 0 bridgehead atoms. The van der Waals surface area contributed by atoms with Crippen LogP contribution in [0.25, 0.3) is 28.2 Å². The number of rotatable bonds is 19. The minimum Gasteiger partial charge on any atom is -0.444 e. The smallest absolute Gasteiger partial charge is 0.329 e. The number of amides is 3. The molecule has 20 heteroatoms. The zero-order chi connectivity index (χ0) is 46.9. The lowest BCUT2D eigenvalue weighted by Crippen LogP contribution is -2.44. The third kappa shape index (κ3) is 9.58. The predicted molar refractivity (Wildman–Crippen MR) is 245 cm³/mol. The number of pyridine rings is 1. The van der Waals surface area contributed by atoms with Gasteiger partial charge >= 0.3 is 5.69 Å². The number of carbonyl (C=O) groups excluding carboxylic acids is 3. The van der Waals surface area contributed by atoms with Gasteiger partial charge in [0, 0.05) is 63.2 Å². The zero-order valence-electron chi connectivity index (χ0n) is 37.5. The Morgan fingerprint density at radius 2 is 1.74 bits per heavy atom. The molecule has 7 heterocycles. The normalized spacial score (nSPS) is 21.4. The van der Waals surface area contributed by atoms with Crippen molar-refractivity contribution in [2.75, 3.05) is 50.0 Å². The maximum Gasteiger partial charge on any atom is 0.329 e. The zero-order valence-corrected chi connectivity index (χ0v) is 37.5. The lowest BCUT2D eigenvalue weighted by Gasteiger charge is -2.22. The molecule has 6 aromatic rings. The second kappa shape index (κ2) is 19.5. The first-order valence-corrected chi connectivity index (χ1v) is 23.2. The van der Waals surface area contributed by atoms with Crippen molar-refractivity contribution < 1.29 is 37.1 Å². The standard InChI is InChI=1S/C48H53F2N11O7/c1-59-41-29(4-2-6-36(41)61(48(59)65)37-13-14-39(62)57-46(37)64)5-3-16-51-21-31-24-66-43-32(25-67-42(31)43)22-52-19-27-9-11-33(12-10-27)60-23-34(40(58-60)44(49)50)55-45(63)35-26-68-47(56-35)30-15-17-53-38(18-30)54-20-28-7-8-28/h2,4,6,9-12,15,17-18,23,26,28,31-32,37,42-44,51-52H,3,5,7-8,13-14,16,19-22,24-25H2,1H3,(H,53,54)(H,55,63)(H,57,62,64). The predicted octanol–water partition coefficient (Wildman–Crippen LogP) is 4.91. The third-order valence-corrected chi connectivity index (χ3v) is 13.3. The van der Waals surface area contributed by atoms with E-state index in [1.807, 2.05) is 30.3 Å². The molecule has 5 atom stereocenters. The Labute approximate surface area is 389 Å². The summed E-state index contributed by atoms with van der Waals surface area (Å²) in [5, 5.41) is 19.4. The van der Waals surface area contributed by atoms with Gasteiger partial charge in [-0.15, -0.1) is 0 Å². The number of aryl methyl sites for hydroxylation is 2. The molecule has 3 aliphatic heterocycles. The highest BCUT2D eigenvalue weighted by atomic mass is 19.3. The van der Waals surface area contributed by atoms with Gasteiger partial charge in [0.2, 0.25) is 17.7 Å². The van der Waals surface area contributed by atoms with Gasteiger partial charge in [0.1, 0.15) is 18.1 Å². The van der Waals surface area contributed by atoms with Crippen LogP contribution in [0, 0.1) is 17.8 Å². The van der Waals surface area contributed by atoms with Crippen molar-refractivity contribution in [1.29, 1.82) is 0 Å². The molecule has 68 heavy (non-hydrogen) atoms. The number of ether oxygens (including phenoxy) is 2. The Hall–Kier alpha value is -6.61. The molecule has 1 aliphatic carbocycles. The summed E-state index contributed by atoms with van der Waals surface area (Å²) in [4.78, 5) is 59.4. The molecule has 4 aliphatic rings. The highest BCUT2D eigenvalue weighted by Crippen LogP contribution is 2.35. The van der Waals surface area contributed by atoms with Crippen LogP contribution in [-0.4, -0.2) is 98.2 Å². The number of hydrogen-bond acceptors (Lipinski definition) is 13. The number of nitrogens with one attached hydrogen (secondary N) is 5. The number of benzene rings is 2. The number of hydrogen-bond donors (Lipinski definition) is 5. The molecular weight excluding hydrogens is 881 g/mol. The molecule has 5 N–H and O–H groups in total. The molecule has 2 aromatic carbocycles. The van der Waals surface area contributed by atoms with E-state index in [0.717, 1.165) is 49.1 Å². The maximum absolute atomic E-state index is 14.2. The number of piperidine rings is 1. The van der Waals surface area contributed by atoms with Gasteiger partial charge in [0.05, 0.1) is 54.0 Å². The number of anilines is 2. The van der Waals surface area contributed by atoms with E-state index in [-0.39, 0.29) is 59.3 Å². The molecule has 0 spiro atoms. The molecular formula is C48H53F2N11O7. The van der Waals surface area contributed by atoms with Gasteiger partial charge in [-0.3, -0.25) is 28.8 Å². The molecule has 10 rings (SSSR count). The van der Waals surface area contributed by atoms with Crippen molar-refractivity contribution in [2.45, 2.75) is 69.7 Å². The number of oxazole rings is 1. The molecule has 4 fully saturated rings. The summed E-state index contributed by atoms with van der Waals surface area (Å²) in [5.74, 6) is 0.450. The van der Waals surface area contributed by atoms with Crippen LogP contribution in [0.3, 0.4) is 0 Å². The van der Waals surface area contributed by atoms with Gasteiger partial charge in [0.15, 0.2) is 11.4 Å². The van der Waals surface area contributed by atoms with Crippen LogP contribution in [0.15, 0.2) is 82.5 Å². The van der Waals surface area contributed by atoms with E-state index in [2.05, 4.69) is 41.7 Å². The van der Waals surface area contributed by atoms with Gasteiger partial charge in [0.25, 0.3) is 12.3 Å². The van der Waals surface area contributed by atoms with Crippen LogP contribution in [0.5, 0.6) is 0 Å². The second-order valence-corrected chi connectivity index (χ2v) is 18.1. The van der Waals surface area contributed by atoms with Crippen molar-refractivity contribution in [3.8, 4) is 17.1 Å². The molecule has 0 radical (unpaired) electrons. The van der Waals surface area contributed by atoms with Gasteiger partial charge in [-0.1, -0.05) is 24.3 Å². The first-order chi connectivity index (χ1) is 33.1. The highest BCUT2D eigenvalue weighted by molar-refractivity contribution is 6.03. The van der Waals surface area contributed by atoms with Crippen molar-refractivity contribution in [2.24, 2.45) is 24.8 Å². The molecule has 5 unspecified atom stereocenters. The number of imidazole rings is 1. The van der Waals surface area contributed by atoms with Crippen LogP contribution >= 0.6 is 0 Å². The van der Waals surface area contributed by atoms with Crippen molar-refractivity contribution >= 4 is 40.3 Å².